The zero-order valence-electron chi connectivity index (χ0n) is 14.2. The zero-order chi connectivity index (χ0) is 17.2. The van der Waals surface area contributed by atoms with Gasteiger partial charge in [0.05, 0.1) is 6.61 Å². The van der Waals surface area contributed by atoms with Gasteiger partial charge in [-0.05, 0) is 54.4 Å². The van der Waals surface area contributed by atoms with Crippen LogP contribution in [0.4, 0.5) is 5.69 Å². The van der Waals surface area contributed by atoms with Crippen LogP contribution in [0.15, 0.2) is 71.5 Å². The van der Waals surface area contributed by atoms with Gasteiger partial charge in [0.25, 0.3) is 0 Å². The van der Waals surface area contributed by atoms with Crippen LogP contribution < -0.4 is 4.90 Å². The fourth-order valence-corrected chi connectivity index (χ4v) is 3.53. The predicted molar refractivity (Wildman–Crippen MR) is 105 cm³/mol. The standard InChI is InChI=1S/C21H21BrN2O/c1-2-16-3-7-20(8-4-16)24-13-14-25-21(24)17-11-12-23(15-17)19-9-5-18(22)6-10-19/h3-12,15,21H,2,13-14H2,1H3/t21-/m1/s1. The third-order valence-electron chi connectivity index (χ3n) is 4.69. The van der Waals surface area contributed by atoms with Gasteiger partial charge in [-0.3, -0.25) is 0 Å². The molecule has 4 heteroatoms. The smallest absolute Gasteiger partial charge is 0.158 e. The average molecular weight is 397 g/mol. The molecule has 0 spiro atoms. The number of halogens is 1. The van der Waals surface area contributed by atoms with E-state index in [0.29, 0.717) is 0 Å². The van der Waals surface area contributed by atoms with Crippen LogP contribution in [0, 0.1) is 0 Å². The molecule has 0 bridgehead atoms. The average Bonchev–Trinajstić information content (AvgIpc) is 3.31. The number of aromatic nitrogens is 1. The maximum Gasteiger partial charge on any atom is 0.158 e. The van der Waals surface area contributed by atoms with E-state index in [1.807, 2.05) is 0 Å². The molecule has 0 N–H and O–H groups in total. The third kappa shape index (κ3) is 3.37. The molecule has 1 aromatic heterocycles. The number of ether oxygens (including phenoxy) is 1. The Bertz CT molecular complexity index is 839. The monoisotopic (exact) mass is 396 g/mol. The fraction of sp³-hybridized carbons (Fsp3) is 0.238. The van der Waals surface area contributed by atoms with E-state index in [0.717, 1.165) is 29.7 Å². The highest BCUT2D eigenvalue weighted by molar-refractivity contribution is 9.10. The van der Waals surface area contributed by atoms with Crippen molar-refractivity contribution >= 4 is 21.6 Å². The molecule has 0 aliphatic carbocycles. The second kappa shape index (κ2) is 7.06. The summed E-state index contributed by atoms with van der Waals surface area (Å²) >= 11 is 3.49. The van der Waals surface area contributed by atoms with Gasteiger partial charge in [0.2, 0.25) is 0 Å². The summed E-state index contributed by atoms with van der Waals surface area (Å²) in [6.45, 7) is 3.85. The van der Waals surface area contributed by atoms with Crippen molar-refractivity contribution in [1.29, 1.82) is 0 Å². The van der Waals surface area contributed by atoms with Gasteiger partial charge in [0.1, 0.15) is 0 Å². The van der Waals surface area contributed by atoms with E-state index in [1.165, 1.54) is 16.8 Å². The van der Waals surface area contributed by atoms with Crippen LogP contribution in [0.3, 0.4) is 0 Å². The fourth-order valence-electron chi connectivity index (χ4n) is 3.27. The van der Waals surface area contributed by atoms with Crippen molar-refractivity contribution in [2.75, 3.05) is 18.1 Å². The SMILES string of the molecule is CCc1ccc(N2CCO[C@@H]2c2ccn(-c3ccc(Br)cc3)c2)cc1. The van der Waals surface area contributed by atoms with Crippen LogP contribution in [-0.2, 0) is 11.2 Å². The number of hydrogen-bond acceptors (Lipinski definition) is 2. The number of aryl methyl sites for hydroxylation is 1. The quantitative estimate of drug-likeness (QED) is 0.592. The minimum atomic E-state index is -0.0239. The predicted octanol–water partition coefficient (Wildman–Crippen LogP) is 5.34. The Morgan fingerprint density at radius 3 is 2.44 bits per heavy atom. The summed E-state index contributed by atoms with van der Waals surface area (Å²) in [5, 5.41) is 0. The Morgan fingerprint density at radius 1 is 1.00 bits per heavy atom. The van der Waals surface area contributed by atoms with E-state index in [4.69, 9.17) is 4.74 Å². The van der Waals surface area contributed by atoms with E-state index in [9.17, 15) is 0 Å². The lowest BCUT2D eigenvalue weighted by Gasteiger charge is -2.24. The molecule has 1 fully saturated rings. The first kappa shape index (κ1) is 16.4. The molecule has 1 aliphatic heterocycles. The molecule has 2 aromatic carbocycles. The maximum atomic E-state index is 6.04. The van der Waals surface area contributed by atoms with Crippen LogP contribution in [0.1, 0.15) is 24.3 Å². The molecular weight excluding hydrogens is 376 g/mol. The third-order valence-corrected chi connectivity index (χ3v) is 5.22. The second-order valence-electron chi connectivity index (χ2n) is 6.27. The number of benzene rings is 2. The van der Waals surface area contributed by atoms with Crippen molar-refractivity contribution in [3.8, 4) is 5.69 Å². The van der Waals surface area contributed by atoms with Gasteiger partial charge in [0, 0.05) is 40.3 Å². The molecule has 3 nitrogen and oxygen atoms in total. The first-order valence-corrected chi connectivity index (χ1v) is 9.45. The molecule has 3 aromatic rings. The molecule has 0 radical (unpaired) electrons. The van der Waals surface area contributed by atoms with Crippen molar-refractivity contribution in [3.05, 3.63) is 82.6 Å². The Kier molecular flexibility index (Phi) is 4.64. The normalized spacial score (nSPS) is 17.2. The molecule has 1 atom stereocenters. The van der Waals surface area contributed by atoms with Crippen LogP contribution in [0.25, 0.3) is 5.69 Å². The Morgan fingerprint density at radius 2 is 1.72 bits per heavy atom. The van der Waals surface area contributed by atoms with Crippen molar-refractivity contribution in [2.24, 2.45) is 0 Å². The van der Waals surface area contributed by atoms with E-state index in [2.05, 4.69) is 99.3 Å². The molecule has 25 heavy (non-hydrogen) atoms. The van der Waals surface area contributed by atoms with Crippen LogP contribution in [-0.4, -0.2) is 17.7 Å². The van der Waals surface area contributed by atoms with E-state index in [-0.39, 0.29) is 6.23 Å². The van der Waals surface area contributed by atoms with Gasteiger partial charge in [0.15, 0.2) is 6.23 Å². The van der Waals surface area contributed by atoms with E-state index in [1.54, 1.807) is 0 Å². The summed E-state index contributed by atoms with van der Waals surface area (Å²) < 4.78 is 9.26. The number of hydrogen-bond donors (Lipinski definition) is 0. The summed E-state index contributed by atoms with van der Waals surface area (Å²) in [7, 11) is 0. The van der Waals surface area contributed by atoms with Crippen LogP contribution in [0.5, 0.6) is 0 Å². The number of anilines is 1. The Hall–Kier alpha value is -2.04. The summed E-state index contributed by atoms with van der Waals surface area (Å²) in [6, 6.07) is 19.3. The lowest BCUT2D eigenvalue weighted by atomic mass is 10.1. The molecule has 4 rings (SSSR count). The lowest BCUT2D eigenvalue weighted by Crippen LogP contribution is -2.22. The van der Waals surface area contributed by atoms with Crippen LogP contribution >= 0.6 is 15.9 Å². The van der Waals surface area contributed by atoms with E-state index < -0.39 is 0 Å². The maximum absolute atomic E-state index is 6.04. The molecule has 1 aliphatic rings. The zero-order valence-corrected chi connectivity index (χ0v) is 15.8. The largest absolute Gasteiger partial charge is 0.352 e. The highest BCUT2D eigenvalue weighted by atomic mass is 79.9. The molecule has 0 unspecified atom stereocenters. The minimum Gasteiger partial charge on any atom is -0.352 e. The minimum absolute atomic E-state index is 0.0239. The van der Waals surface area contributed by atoms with Crippen LogP contribution in [0.2, 0.25) is 0 Å². The lowest BCUT2D eigenvalue weighted by molar-refractivity contribution is 0.114. The Balaban J connectivity index is 1.59. The second-order valence-corrected chi connectivity index (χ2v) is 7.18. The molecule has 0 saturated carbocycles. The number of rotatable bonds is 4. The van der Waals surface area contributed by atoms with Crippen molar-refractivity contribution < 1.29 is 4.74 Å². The summed E-state index contributed by atoms with van der Waals surface area (Å²) in [6.07, 6.45) is 5.30. The van der Waals surface area contributed by atoms with E-state index >= 15 is 0 Å². The first-order valence-electron chi connectivity index (χ1n) is 8.65. The van der Waals surface area contributed by atoms with Gasteiger partial charge in [-0.25, -0.2) is 0 Å². The summed E-state index contributed by atoms with van der Waals surface area (Å²) in [4.78, 5) is 2.33. The van der Waals surface area contributed by atoms with Gasteiger partial charge >= 0.3 is 0 Å². The number of nitrogens with zero attached hydrogens (tertiary/aromatic N) is 2. The Labute approximate surface area is 157 Å². The first-order chi connectivity index (χ1) is 12.2. The molecule has 128 valence electrons. The molecule has 0 amide bonds. The van der Waals surface area contributed by atoms with Gasteiger partial charge in [-0.1, -0.05) is 35.0 Å². The van der Waals surface area contributed by atoms with Gasteiger partial charge in [-0.2, -0.15) is 0 Å². The topological polar surface area (TPSA) is 17.4 Å². The molecular formula is C21H21BrN2O. The van der Waals surface area contributed by atoms with Crippen molar-refractivity contribution in [2.45, 2.75) is 19.6 Å². The molecule has 2 heterocycles. The van der Waals surface area contributed by atoms with Crippen molar-refractivity contribution in [1.82, 2.24) is 4.57 Å². The van der Waals surface area contributed by atoms with Crippen molar-refractivity contribution in [3.63, 3.8) is 0 Å². The molecule has 1 saturated heterocycles. The highest BCUT2D eigenvalue weighted by Gasteiger charge is 2.27. The highest BCUT2D eigenvalue weighted by Crippen LogP contribution is 2.33. The van der Waals surface area contributed by atoms with Gasteiger partial charge < -0.3 is 14.2 Å². The summed E-state index contributed by atoms with van der Waals surface area (Å²) in [5.74, 6) is 0. The van der Waals surface area contributed by atoms with Gasteiger partial charge in [-0.15, -0.1) is 0 Å². The summed E-state index contributed by atoms with van der Waals surface area (Å²) in [5.41, 5.74) is 4.91.